The van der Waals surface area contributed by atoms with Gasteiger partial charge in [0.2, 0.25) is 0 Å². The summed E-state index contributed by atoms with van der Waals surface area (Å²) in [6, 6.07) is 10.2. The molecular formula is C15H16ClN. The predicted octanol–water partition coefficient (Wildman–Crippen LogP) is 4.83. The molecule has 0 amide bonds. The molecule has 1 aliphatic rings. The maximum atomic E-state index is 9.35. The molecule has 0 spiro atoms. The van der Waals surface area contributed by atoms with Crippen LogP contribution in [0, 0.1) is 16.7 Å². The second-order valence-corrected chi connectivity index (χ2v) is 5.09. The molecule has 0 radical (unpaired) electrons. The summed E-state index contributed by atoms with van der Waals surface area (Å²) in [4.78, 5) is 0. The van der Waals surface area contributed by atoms with Crippen molar-refractivity contribution in [1.29, 1.82) is 5.26 Å². The Labute approximate surface area is 108 Å². The van der Waals surface area contributed by atoms with Gasteiger partial charge >= 0.3 is 0 Å². The van der Waals surface area contributed by atoms with Crippen LogP contribution in [0.25, 0.3) is 6.08 Å². The summed E-state index contributed by atoms with van der Waals surface area (Å²) in [7, 11) is 0. The van der Waals surface area contributed by atoms with Gasteiger partial charge in [-0.1, -0.05) is 61.2 Å². The lowest BCUT2D eigenvalue weighted by atomic mass is 9.75. The quantitative estimate of drug-likeness (QED) is 0.732. The Hall–Kier alpha value is -1.26. The molecule has 1 fully saturated rings. The van der Waals surface area contributed by atoms with Crippen LogP contribution in [-0.2, 0) is 0 Å². The molecule has 0 N–H and O–H groups in total. The molecule has 1 saturated carbocycles. The van der Waals surface area contributed by atoms with Crippen molar-refractivity contribution >= 4 is 17.7 Å². The van der Waals surface area contributed by atoms with E-state index in [-0.39, 0.29) is 5.41 Å². The standard InChI is InChI=1S/C15H16ClN/c16-14-7-3-2-6-13(14)8-11-15(12-17)9-4-1-5-10-15/h2-3,6-8,11H,1,4-5,9-10H2/b11-8+. The second kappa shape index (κ2) is 5.38. The topological polar surface area (TPSA) is 23.8 Å². The van der Waals surface area contributed by atoms with Gasteiger partial charge in [-0.25, -0.2) is 0 Å². The predicted molar refractivity (Wildman–Crippen MR) is 71.6 cm³/mol. The fourth-order valence-electron chi connectivity index (χ4n) is 2.36. The fourth-order valence-corrected chi connectivity index (χ4v) is 2.56. The van der Waals surface area contributed by atoms with Gasteiger partial charge in [0.15, 0.2) is 0 Å². The average Bonchev–Trinajstić information content (AvgIpc) is 2.39. The largest absolute Gasteiger partial charge is 0.197 e. The zero-order valence-electron chi connectivity index (χ0n) is 9.82. The highest BCUT2D eigenvalue weighted by Gasteiger charge is 2.28. The van der Waals surface area contributed by atoms with Crippen LogP contribution < -0.4 is 0 Å². The third-order valence-corrected chi connectivity index (χ3v) is 3.80. The first-order valence-electron chi connectivity index (χ1n) is 6.11. The molecule has 17 heavy (non-hydrogen) atoms. The number of allylic oxidation sites excluding steroid dienone is 1. The van der Waals surface area contributed by atoms with Crippen molar-refractivity contribution in [3.8, 4) is 6.07 Å². The summed E-state index contributed by atoms with van der Waals surface area (Å²) in [5, 5.41) is 10.1. The molecule has 0 unspecified atom stereocenters. The van der Waals surface area contributed by atoms with Crippen molar-refractivity contribution in [2.24, 2.45) is 5.41 Å². The van der Waals surface area contributed by atoms with Crippen LogP contribution in [0.3, 0.4) is 0 Å². The van der Waals surface area contributed by atoms with Crippen molar-refractivity contribution in [3.05, 3.63) is 40.9 Å². The third-order valence-electron chi connectivity index (χ3n) is 3.46. The highest BCUT2D eigenvalue weighted by Crippen LogP contribution is 2.37. The van der Waals surface area contributed by atoms with E-state index in [1.54, 1.807) is 0 Å². The van der Waals surface area contributed by atoms with Crippen molar-refractivity contribution in [1.82, 2.24) is 0 Å². The summed E-state index contributed by atoms with van der Waals surface area (Å²) in [5.41, 5.74) is 0.728. The van der Waals surface area contributed by atoms with Crippen molar-refractivity contribution in [2.75, 3.05) is 0 Å². The van der Waals surface area contributed by atoms with E-state index in [0.717, 1.165) is 36.3 Å². The van der Waals surface area contributed by atoms with E-state index in [9.17, 15) is 5.26 Å². The molecule has 0 aliphatic heterocycles. The fraction of sp³-hybridized carbons (Fsp3) is 0.400. The van der Waals surface area contributed by atoms with Crippen LogP contribution in [0.1, 0.15) is 37.7 Å². The normalized spacial score (nSPS) is 19.1. The van der Waals surface area contributed by atoms with Crippen LogP contribution in [0.4, 0.5) is 0 Å². The number of halogens is 1. The van der Waals surface area contributed by atoms with Crippen molar-refractivity contribution in [2.45, 2.75) is 32.1 Å². The minimum absolute atomic E-state index is 0.266. The van der Waals surface area contributed by atoms with E-state index >= 15 is 0 Å². The maximum absolute atomic E-state index is 9.35. The minimum atomic E-state index is -0.266. The van der Waals surface area contributed by atoms with Gasteiger partial charge in [0.05, 0.1) is 11.5 Å². The second-order valence-electron chi connectivity index (χ2n) is 4.68. The van der Waals surface area contributed by atoms with Gasteiger partial charge < -0.3 is 0 Å². The third kappa shape index (κ3) is 2.90. The molecule has 1 aromatic rings. The first-order chi connectivity index (χ1) is 8.26. The zero-order chi connectivity index (χ0) is 12.1. The lowest BCUT2D eigenvalue weighted by Crippen LogP contribution is -2.18. The van der Waals surface area contributed by atoms with Gasteiger partial charge in [-0.15, -0.1) is 0 Å². The molecule has 0 heterocycles. The zero-order valence-corrected chi connectivity index (χ0v) is 10.6. The molecule has 88 valence electrons. The summed E-state index contributed by atoms with van der Waals surface area (Å²) in [6.07, 6.45) is 9.56. The number of nitrogens with zero attached hydrogens (tertiary/aromatic N) is 1. The SMILES string of the molecule is N#CC1(/C=C/c2ccccc2Cl)CCCCC1. The first kappa shape index (κ1) is 12.2. The van der Waals surface area contributed by atoms with Crippen molar-refractivity contribution < 1.29 is 0 Å². The Balaban J connectivity index is 2.19. The van der Waals surface area contributed by atoms with Gasteiger partial charge in [0.1, 0.15) is 0 Å². The van der Waals surface area contributed by atoms with Gasteiger partial charge in [0, 0.05) is 5.02 Å². The molecule has 1 aliphatic carbocycles. The lowest BCUT2D eigenvalue weighted by molar-refractivity contribution is 0.337. The highest BCUT2D eigenvalue weighted by molar-refractivity contribution is 6.32. The Morgan fingerprint density at radius 3 is 2.53 bits per heavy atom. The molecule has 0 aromatic heterocycles. The summed E-state index contributed by atoms with van der Waals surface area (Å²) >= 11 is 6.10. The van der Waals surface area contributed by atoms with Crippen LogP contribution in [0.5, 0.6) is 0 Å². The Bertz CT molecular complexity index is 450. The van der Waals surface area contributed by atoms with Gasteiger partial charge in [-0.3, -0.25) is 0 Å². The number of nitriles is 1. The van der Waals surface area contributed by atoms with E-state index in [2.05, 4.69) is 6.07 Å². The number of hydrogen-bond acceptors (Lipinski definition) is 1. The Kier molecular flexibility index (Phi) is 3.86. The van der Waals surface area contributed by atoms with Gasteiger partial charge in [0.25, 0.3) is 0 Å². The number of hydrogen-bond donors (Lipinski definition) is 0. The number of benzene rings is 1. The molecule has 0 atom stereocenters. The van der Waals surface area contributed by atoms with E-state index in [0.29, 0.717) is 0 Å². The van der Waals surface area contributed by atoms with Crippen LogP contribution in [0.15, 0.2) is 30.3 Å². The van der Waals surface area contributed by atoms with Gasteiger partial charge in [-0.05, 0) is 24.5 Å². The summed E-state index contributed by atoms with van der Waals surface area (Å²) in [6.45, 7) is 0. The first-order valence-corrected chi connectivity index (χ1v) is 6.49. The average molecular weight is 246 g/mol. The molecule has 1 aromatic carbocycles. The van der Waals surface area contributed by atoms with E-state index < -0.39 is 0 Å². The lowest BCUT2D eigenvalue weighted by Gasteiger charge is -2.27. The molecular weight excluding hydrogens is 230 g/mol. The Morgan fingerprint density at radius 1 is 1.18 bits per heavy atom. The molecule has 0 saturated heterocycles. The van der Waals surface area contributed by atoms with Crippen molar-refractivity contribution in [3.63, 3.8) is 0 Å². The highest BCUT2D eigenvalue weighted by atomic mass is 35.5. The molecule has 1 nitrogen and oxygen atoms in total. The summed E-state index contributed by atoms with van der Waals surface area (Å²) in [5.74, 6) is 0. The monoisotopic (exact) mass is 245 g/mol. The van der Waals surface area contributed by atoms with Crippen LogP contribution in [0.2, 0.25) is 5.02 Å². The molecule has 2 heteroatoms. The van der Waals surface area contributed by atoms with E-state index in [1.807, 2.05) is 36.4 Å². The minimum Gasteiger partial charge on any atom is -0.197 e. The number of rotatable bonds is 2. The molecule has 2 rings (SSSR count). The van der Waals surface area contributed by atoms with Crippen LogP contribution >= 0.6 is 11.6 Å². The maximum Gasteiger partial charge on any atom is 0.0756 e. The van der Waals surface area contributed by atoms with Crippen LogP contribution in [-0.4, -0.2) is 0 Å². The van der Waals surface area contributed by atoms with E-state index in [1.165, 1.54) is 6.42 Å². The smallest absolute Gasteiger partial charge is 0.0756 e. The Morgan fingerprint density at radius 2 is 1.88 bits per heavy atom. The molecule has 0 bridgehead atoms. The summed E-state index contributed by atoms with van der Waals surface area (Å²) < 4.78 is 0. The van der Waals surface area contributed by atoms with Gasteiger partial charge in [-0.2, -0.15) is 5.26 Å². The van der Waals surface area contributed by atoms with E-state index in [4.69, 9.17) is 11.6 Å².